The Bertz CT molecular complexity index is 1030. The summed E-state index contributed by atoms with van der Waals surface area (Å²) in [4.78, 5) is 12.9. The molecule has 0 atom stereocenters. The van der Waals surface area contributed by atoms with Gasteiger partial charge in [-0.05, 0) is 43.3 Å². The second kappa shape index (κ2) is 8.49. The topological polar surface area (TPSA) is 79.5 Å². The van der Waals surface area contributed by atoms with Gasteiger partial charge in [0.05, 0.1) is 17.5 Å². The van der Waals surface area contributed by atoms with Crippen molar-refractivity contribution in [2.24, 2.45) is 0 Å². The molecule has 0 saturated carbocycles. The molecule has 0 aliphatic carbocycles. The number of ether oxygens (including phenoxy) is 3. The smallest absolute Gasteiger partial charge is 0.228 e. The van der Waals surface area contributed by atoms with Crippen LogP contribution in [0.3, 0.4) is 0 Å². The second-order valence-electron chi connectivity index (χ2n) is 5.92. The molecular formula is C21H19N3O4. The van der Waals surface area contributed by atoms with E-state index >= 15 is 0 Å². The Hall–Kier alpha value is -3.45. The molecule has 0 fully saturated rings. The van der Waals surface area contributed by atoms with Gasteiger partial charge >= 0.3 is 0 Å². The summed E-state index contributed by atoms with van der Waals surface area (Å²) in [5.41, 5.74) is 3.04. The van der Waals surface area contributed by atoms with Crippen molar-refractivity contribution >= 4 is 11.1 Å². The molecule has 4 aromatic rings. The molecule has 0 N–H and O–H groups in total. The maximum atomic E-state index is 5.83. The van der Waals surface area contributed by atoms with E-state index in [4.69, 9.17) is 18.6 Å². The quantitative estimate of drug-likeness (QED) is 0.336. The minimum Gasteiger partial charge on any atom is -0.487 e. The maximum Gasteiger partial charge on any atom is 0.228 e. The first kappa shape index (κ1) is 17.9. The molecular weight excluding hydrogens is 358 g/mol. The van der Waals surface area contributed by atoms with Crippen molar-refractivity contribution < 1.29 is 18.6 Å². The Morgan fingerprint density at radius 3 is 2.71 bits per heavy atom. The zero-order valence-corrected chi connectivity index (χ0v) is 15.4. The number of benzene rings is 1. The fourth-order valence-electron chi connectivity index (χ4n) is 2.54. The van der Waals surface area contributed by atoms with Crippen LogP contribution in [-0.4, -0.2) is 28.4 Å². The SMILES string of the molecule is CCOCOc1ccc(COc2ccc3oc(-c4cccnc4)nc3c2)nc1. The van der Waals surface area contributed by atoms with Gasteiger partial charge in [0.25, 0.3) is 0 Å². The lowest BCUT2D eigenvalue weighted by molar-refractivity contribution is 0.0221. The first-order chi connectivity index (χ1) is 13.8. The van der Waals surface area contributed by atoms with Crippen LogP contribution in [-0.2, 0) is 11.3 Å². The summed E-state index contributed by atoms with van der Waals surface area (Å²) in [6.07, 6.45) is 5.08. The number of hydrogen-bond acceptors (Lipinski definition) is 7. The number of pyridine rings is 2. The number of aromatic nitrogens is 3. The average molecular weight is 377 g/mol. The van der Waals surface area contributed by atoms with Gasteiger partial charge in [-0.3, -0.25) is 9.97 Å². The van der Waals surface area contributed by atoms with E-state index < -0.39 is 0 Å². The first-order valence-corrected chi connectivity index (χ1v) is 8.91. The molecule has 4 rings (SSSR count). The highest BCUT2D eigenvalue weighted by Crippen LogP contribution is 2.26. The van der Waals surface area contributed by atoms with Crippen LogP contribution in [0, 0.1) is 0 Å². The van der Waals surface area contributed by atoms with Crippen LogP contribution in [0.25, 0.3) is 22.6 Å². The van der Waals surface area contributed by atoms with Crippen molar-refractivity contribution in [3.63, 3.8) is 0 Å². The fourth-order valence-corrected chi connectivity index (χ4v) is 2.54. The molecule has 0 aliphatic rings. The molecule has 7 heteroatoms. The van der Waals surface area contributed by atoms with E-state index in [1.54, 1.807) is 18.6 Å². The molecule has 0 radical (unpaired) electrons. The predicted molar refractivity (Wildman–Crippen MR) is 103 cm³/mol. The van der Waals surface area contributed by atoms with Crippen LogP contribution in [0.2, 0.25) is 0 Å². The Morgan fingerprint density at radius 1 is 1.00 bits per heavy atom. The van der Waals surface area contributed by atoms with Gasteiger partial charge in [0.1, 0.15) is 23.6 Å². The van der Waals surface area contributed by atoms with Crippen molar-refractivity contribution in [3.8, 4) is 23.0 Å². The second-order valence-corrected chi connectivity index (χ2v) is 5.92. The summed E-state index contributed by atoms with van der Waals surface area (Å²) in [5, 5.41) is 0. The number of hydrogen-bond donors (Lipinski definition) is 0. The molecule has 7 nitrogen and oxygen atoms in total. The summed E-state index contributed by atoms with van der Waals surface area (Å²) >= 11 is 0. The Labute approximate surface area is 161 Å². The lowest BCUT2D eigenvalue weighted by Gasteiger charge is -2.07. The molecule has 0 spiro atoms. The van der Waals surface area contributed by atoms with Crippen molar-refractivity contribution in [1.29, 1.82) is 0 Å². The molecule has 0 amide bonds. The fraction of sp³-hybridized carbons (Fsp3) is 0.190. The minimum atomic E-state index is 0.215. The van der Waals surface area contributed by atoms with Crippen LogP contribution in [0.15, 0.2) is 65.5 Å². The molecule has 0 aliphatic heterocycles. The van der Waals surface area contributed by atoms with E-state index in [-0.39, 0.29) is 6.79 Å². The van der Waals surface area contributed by atoms with E-state index in [1.807, 2.05) is 49.4 Å². The van der Waals surface area contributed by atoms with Crippen molar-refractivity contribution in [2.75, 3.05) is 13.4 Å². The van der Waals surface area contributed by atoms with Gasteiger partial charge in [-0.25, -0.2) is 4.98 Å². The Morgan fingerprint density at radius 2 is 1.93 bits per heavy atom. The third kappa shape index (κ3) is 4.27. The third-order valence-electron chi connectivity index (χ3n) is 3.96. The molecule has 0 bridgehead atoms. The van der Waals surface area contributed by atoms with Crippen molar-refractivity contribution in [2.45, 2.75) is 13.5 Å². The molecule has 1 aromatic carbocycles. The highest BCUT2D eigenvalue weighted by atomic mass is 16.7. The van der Waals surface area contributed by atoms with E-state index in [2.05, 4.69) is 15.0 Å². The summed E-state index contributed by atoms with van der Waals surface area (Å²) in [5.74, 6) is 1.88. The highest BCUT2D eigenvalue weighted by Gasteiger charge is 2.09. The molecule has 142 valence electrons. The Kier molecular flexibility index (Phi) is 5.44. The number of nitrogens with zero attached hydrogens (tertiary/aromatic N) is 3. The van der Waals surface area contributed by atoms with Crippen LogP contribution in [0.1, 0.15) is 12.6 Å². The molecule has 3 aromatic heterocycles. The van der Waals surface area contributed by atoms with E-state index in [0.717, 1.165) is 16.8 Å². The maximum absolute atomic E-state index is 5.83. The van der Waals surface area contributed by atoms with Gasteiger partial charge < -0.3 is 18.6 Å². The summed E-state index contributed by atoms with van der Waals surface area (Å²) in [6.45, 7) is 3.08. The zero-order chi connectivity index (χ0) is 19.2. The van der Waals surface area contributed by atoms with Gasteiger partial charge in [-0.1, -0.05) is 0 Å². The molecule has 0 saturated heterocycles. The van der Waals surface area contributed by atoms with Gasteiger partial charge in [-0.2, -0.15) is 0 Å². The van der Waals surface area contributed by atoms with Gasteiger partial charge in [-0.15, -0.1) is 0 Å². The van der Waals surface area contributed by atoms with Gasteiger partial charge in [0.2, 0.25) is 5.89 Å². The van der Waals surface area contributed by atoms with Gasteiger partial charge in [0.15, 0.2) is 12.4 Å². The largest absolute Gasteiger partial charge is 0.487 e. The first-order valence-electron chi connectivity index (χ1n) is 8.91. The van der Waals surface area contributed by atoms with E-state index in [1.165, 1.54) is 0 Å². The normalized spacial score (nSPS) is 10.9. The van der Waals surface area contributed by atoms with Crippen LogP contribution in [0.5, 0.6) is 11.5 Å². The summed E-state index contributed by atoms with van der Waals surface area (Å²) < 4.78 is 22.2. The van der Waals surface area contributed by atoms with E-state index in [0.29, 0.717) is 36.2 Å². The number of rotatable bonds is 8. The molecule has 0 unspecified atom stereocenters. The third-order valence-corrected chi connectivity index (χ3v) is 3.96. The van der Waals surface area contributed by atoms with E-state index in [9.17, 15) is 0 Å². The van der Waals surface area contributed by atoms with Crippen LogP contribution < -0.4 is 9.47 Å². The molecule has 3 heterocycles. The predicted octanol–water partition coefficient (Wildman–Crippen LogP) is 4.24. The van der Waals surface area contributed by atoms with Gasteiger partial charge in [0, 0.05) is 25.1 Å². The highest BCUT2D eigenvalue weighted by molar-refractivity contribution is 5.77. The minimum absolute atomic E-state index is 0.215. The molecule has 28 heavy (non-hydrogen) atoms. The Balaban J connectivity index is 1.41. The lowest BCUT2D eigenvalue weighted by Crippen LogP contribution is -2.03. The number of oxazole rings is 1. The average Bonchev–Trinajstić information content (AvgIpc) is 3.17. The van der Waals surface area contributed by atoms with Crippen LogP contribution in [0.4, 0.5) is 0 Å². The summed E-state index contributed by atoms with van der Waals surface area (Å²) in [6, 6.07) is 13.0. The monoisotopic (exact) mass is 377 g/mol. The number of fused-ring (bicyclic) bond motifs is 1. The zero-order valence-electron chi connectivity index (χ0n) is 15.4. The van der Waals surface area contributed by atoms with Crippen molar-refractivity contribution in [3.05, 3.63) is 66.7 Å². The standard InChI is InChI=1S/C21H19N3O4/c1-2-25-14-27-18-6-5-16(23-12-18)13-26-17-7-8-20-19(10-17)24-21(28-20)15-4-3-9-22-11-15/h3-12H,2,13-14H2,1H3. The summed E-state index contributed by atoms with van der Waals surface area (Å²) in [7, 11) is 0. The lowest BCUT2D eigenvalue weighted by atomic mass is 10.3. The van der Waals surface area contributed by atoms with Crippen molar-refractivity contribution in [1.82, 2.24) is 15.0 Å². The van der Waals surface area contributed by atoms with Crippen LogP contribution >= 0.6 is 0 Å².